The standard InChI is InChI=1S/C15H21ClN2/c1-18-12-6-7-15(18)14(9-17)13(8-12)10-2-4-11(16)5-3-10/h2-5,12-15H,6-9,17H2,1H3. The first-order valence-corrected chi connectivity index (χ1v) is 7.26. The molecule has 0 amide bonds. The van der Waals surface area contributed by atoms with Crippen LogP contribution >= 0.6 is 11.6 Å². The number of nitrogens with zero attached hydrogens (tertiary/aromatic N) is 1. The third-order valence-corrected chi connectivity index (χ3v) is 5.25. The van der Waals surface area contributed by atoms with Crippen molar-refractivity contribution in [1.82, 2.24) is 4.90 Å². The number of halogens is 1. The van der Waals surface area contributed by atoms with Gasteiger partial charge >= 0.3 is 0 Å². The lowest BCUT2D eigenvalue weighted by Gasteiger charge is -2.43. The number of benzene rings is 1. The molecule has 0 saturated carbocycles. The maximum atomic E-state index is 6.05. The predicted octanol–water partition coefficient (Wildman–Crippen LogP) is 2.87. The van der Waals surface area contributed by atoms with Crippen molar-refractivity contribution in [3.05, 3.63) is 34.9 Å². The van der Waals surface area contributed by atoms with Crippen LogP contribution in [0.1, 0.15) is 30.7 Å². The SMILES string of the molecule is CN1C2CCC1C(CN)C(c1ccc(Cl)cc1)C2. The highest BCUT2D eigenvalue weighted by Crippen LogP contribution is 2.45. The van der Waals surface area contributed by atoms with E-state index in [1.165, 1.54) is 24.8 Å². The van der Waals surface area contributed by atoms with Gasteiger partial charge in [0.05, 0.1) is 0 Å². The average molecular weight is 265 g/mol. The van der Waals surface area contributed by atoms with Crippen LogP contribution in [0.15, 0.2) is 24.3 Å². The summed E-state index contributed by atoms with van der Waals surface area (Å²) >= 11 is 5.98. The van der Waals surface area contributed by atoms with E-state index in [1.807, 2.05) is 12.1 Å². The van der Waals surface area contributed by atoms with Crippen molar-refractivity contribution in [3.8, 4) is 0 Å². The Kier molecular flexibility index (Phi) is 3.35. The maximum absolute atomic E-state index is 6.05. The lowest BCUT2D eigenvalue weighted by Crippen LogP contribution is -2.48. The monoisotopic (exact) mass is 264 g/mol. The van der Waals surface area contributed by atoms with E-state index in [-0.39, 0.29) is 0 Å². The molecule has 0 aromatic heterocycles. The van der Waals surface area contributed by atoms with Crippen LogP contribution in [-0.4, -0.2) is 30.6 Å². The van der Waals surface area contributed by atoms with E-state index in [0.29, 0.717) is 17.9 Å². The van der Waals surface area contributed by atoms with Crippen LogP contribution in [0.2, 0.25) is 5.02 Å². The van der Waals surface area contributed by atoms with E-state index in [2.05, 4.69) is 24.1 Å². The molecular formula is C15H21ClN2. The zero-order chi connectivity index (χ0) is 12.7. The highest BCUT2D eigenvalue weighted by Gasteiger charge is 2.45. The Morgan fingerprint density at radius 3 is 2.67 bits per heavy atom. The highest BCUT2D eigenvalue weighted by atomic mass is 35.5. The minimum Gasteiger partial charge on any atom is -0.330 e. The van der Waals surface area contributed by atoms with Crippen LogP contribution in [-0.2, 0) is 0 Å². The van der Waals surface area contributed by atoms with Gasteiger partial charge in [0, 0.05) is 17.1 Å². The highest BCUT2D eigenvalue weighted by molar-refractivity contribution is 6.30. The number of rotatable bonds is 2. The molecular weight excluding hydrogens is 244 g/mol. The number of hydrogen-bond acceptors (Lipinski definition) is 2. The van der Waals surface area contributed by atoms with E-state index in [1.54, 1.807) is 0 Å². The van der Waals surface area contributed by atoms with Gasteiger partial charge in [0.25, 0.3) is 0 Å². The van der Waals surface area contributed by atoms with E-state index < -0.39 is 0 Å². The van der Waals surface area contributed by atoms with Gasteiger partial charge in [-0.1, -0.05) is 23.7 Å². The Morgan fingerprint density at radius 1 is 1.28 bits per heavy atom. The minimum atomic E-state index is 0.593. The molecule has 3 rings (SSSR count). The summed E-state index contributed by atoms with van der Waals surface area (Å²) in [7, 11) is 2.27. The fourth-order valence-corrected chi connectivity index (χ4v) is 4.12. The second-order valence-electron chi connectivity index (χ2n) is 5.76. The Hall–Kier alpha value is -0.570. The Morgan fingerprint density at radius 2 is 2.00 bits per heavy atom. The molecule has 2 heterocycles. The van der Waals surface area contributed by atoms with E-state index in [4.69, 9.17) is 17.3 Å². The number of nitrogens with two attached hydrogens (primary N) is 1. The predicted molar refractivity (Wildman–Crippen MR) is 75.9 cm³/mol. The van der Waals surface area contributed by atoms with E-state index >= 15 is 0 Å². The molecule has 0 radical (unpaired) electrons. The summed E-state index contributed by atoms with van der Waals surface area (Å²) in [5.41, 5.74) is 7.47. The van der Waals surface area contributed by atoms with Crippen LogP contribution < -0.4 is 5.73 Å². The third kappa shape index (κ3) is 1.97. The average Bonchev–Trinajstić information content (AvgIpc) is 2.63. The van der Waals surface area contributed by atoms with Crippen LogP contribution in [0.5, 0.6) is 0 Å². The van der Waals surface area contributed by atoms with Gasteiger partial charge in [-0.05, 0) is 62.4 Å². The minimum absolute atomic E-state index is 0.593. The summed E-state index contributed by atoms with van der Waals surface area (Å²) in [6.07, 6.45) is 3.89. The second kappa shape index (κ2) is 4.84. The molecule has 0 aliphatic carbocycles. The molecule has 2 aliphatic heterocycles. The van der Waals surface area contributed by atoms with Gasteiger partial charge in [-0.15, -0.1) is 0 Å². The summed E-state index contributed by atoms with van der Waals surface area (Å²) in [5, 5.41) is 0.818. The van der Waals surface area contributed by atoms with Gasteiger partial charge in [-0.2, -0.15) is 0 Å². The molecule has 18 heavy (non-hydrogen) atoms. The normalized spacial score (nSPS) is 35.9. The van der Waals surface area contributed by atoms with Gasteiger partial charge in [-0.25, -0.2) is 0 Å². The van der Waals surface area contributed by atoms with Gasteiger partial charge < -0.3 is 10.6 Å². The van der Waals surface area contributed by atoms with Gasteiger partial charge in [0.2, 0.25) is 0 Å². The maximum Gasteiger partial charge on any atom is 0.0406 e. The fraction of sp³-hybridized carbons (Fsp3) is 0.600. The van der Waals surface area contributed by atoms with Crippen LogP contribution in [0, 0.1) is 5.92 Å². The van der Waals surface area contributed by atoms with Crippen LogP contribution in [0.4, 0.5) is 0 Å². The molecule has 2 nitrogen and oxygen atoms in total. The number of hydrogen-bond donors (Lipinski definition) is 1. The molecule has 2 N–H and O–H groups in total. The van der Waals surface area contributed by atoms with Crippen molar-refractivity contribution in [1.29, 1.82) is 0 Å². The van der Waals surface area contributed by atoms with Crippen molar-refractivity contribution in [2.45, 2.75) is 37.3 Å². The smallest absolute Gasteiger partial charge is 0.0406 e. The molecule has 4 unspecified atom stereocenters. The number of piperidine rings is 1. The van der Waals surface area contributed by atoms with Crippen LogP contribution in [0.3, 0.4) is 0 Å². The molecule has 98 valence electrons. The zero-order valence-corrected chi connectivity index (χ0v) is 11.6. The van der Waals surface area contributed by atoms with Crippen molar-refractivity contribution >= 4 is 11.6 Å². The molecule has 2 fully saturated rings. The zero-order valence-electron chi connectivity index (χ0n) is 10.8. The van der Waals surface area contributed by atoms with Crippen molar-refractivity contribution in [2.75, 3.05) is 13.6 Å². The molecule has 4 atom stereocenters. The first-order chi connectivity index (χ1) is 8.70. The Bertz CT molecular complexity index is 417. The lowest BCUT2D eigenvalue weighted by molar-refractivity contribution is 0.104. The van der Waals surface area contributed by atoms with Crippen molar-refractivity contribution < 1.29 is 0 Å². The van der Waals surface area contributed by atoms with Gasteiger partial charge in [-0.3, -0.25) is 0 Å². The summed E-state index contributed by atoms with van der Waals surface area (Å²) in [4.78, 5) is 2.56. The fourth-order valence-electron chi connectivity index (χ4n) is 3.99. The first-order valence-electron chi connectivity index (χ1n) is 6.88. The summed E-state index contributed by atoms with van der Waals surface area (Å²) in [5.74, 6) is 1.20. The van der Waals surface area contributed by atoms with Crippen LogP contribution in [0.25, 0.3) is 0 Å². The van der Waals surface area contributed by atoms with Gasteiger partial charge in [0.15, 0.2) is 0 Å². The molecule has 2 aliphatic rings. The summed E-state index contributed by atoms with van der Waals surface area (Å²) in [6.45, 7) is 0.787. The molecule has 1 aromatic rings. The van der Waals surface area contributed by atoms with E-state index in [9.17, 15) is 0 Å². The van der Waals surface area contributed by atoms with Gasteiger partial charge in [0.1, 0.15) is 0 Å². The first kappa shape index (κ1) is 12.5. The molecule has 3 heteroatoms. The number of fused-ring (bicyclic) bond motifs is 2. The Balaban J connectivity index is 1.89. The van der Waals surface area contributed by atoms with Crippen molar-refractivity contribution in [3.63, 3.8) is 0 Å². The lowest BCUT2D eigenvalue weighted by atomic mass is 9.76. The molecule has 2 saturated heterocycles. The molecule has 2 bridgehead atoms. The summed E-state index contributed by atoms with van der Waals surface area (Å²) in [6, 6.07) is 9.80. The Labute approximate surface area is 114 Å². The molecule has 0 spiro atoms. The topological polar surface area (TPSA) is 29.3 Å². The third-order valence-electron chi connectivity index (χ3n) is 5.00. The second-order valence-corrected chi connectivity index (χ2v) is 6.19. The summed E-state index contributed by atoms with van der Waals surface area (Å²) < 4.78 is 0. The van der Waals surface area contributed by atoms with Crippen molar-refractivity contribution in [2.24, 2.45) is 11.7 Å². The largest absolute Gasteiger partial charge is 0.330 e. The van der Waals surface area contributed by atoms with E-state index in [0.717, 1.165) is 17.6 Å². The molecule has 1 aromatic carbocycles. The quantitative estimate of drug-likeness (QED) is 0.890.